The smallest absolute Gasteiger partial charge is 0.245 e. The highest BCUT2D eigenvalue weighted by atomic mass is 79.9. The number of para-hydroxylation sites is 2. The van der Waals surface area contributed by atoms with Crippen LogP contribution >= 0.6 is 44.3 Å². The van der Waals surface area contributed by atoms with Crippen LogP contribution in [0, 0.1) is 13.8 Å². The van der Waals surface area contributed by atoms with Crippen molar-refractivity contribution in [3.63, 3.8) is 0 Å². The van der Waals surface area contributed by atoms with E-state index in [-0.39, 0.29) is 18.3 Å². The SMILES string of the molecule is CCCC(=O)N=C(C)c1cccc(Br)c1.CCCc1nc(-c2cccc(Br)c2)nn1-c1ccccc1C.Cc1ccccc1NN.Cl. The summed E-state index contributed by atoms with van der Waals surface area (Å²) in [6, 6.07) is 32.0. The van der Waals surface area contributed by atoms with E-state index in [1.54, 1.807) is 0 Å². The molecule has 0 atom stereocenters. The first-order valence-electron chi connectivity index (χ1n) is 15.3. The molecule has 1 amide bonds. The van der Waals surface area contributed by atoms with Crippen LogP contribution in [0.2, 0.25) is 0 Å². The average Bonchev–Trinajstić information content (AvgIpc) is 3.46. The number of hydrogen-bond donors (Lipinski definition) is 2. The van der Waals surface area contributed by atoms with Gasteiger partial charge in [-0.1, -0.05) is 106 Å². The fourth-order valence-corrected chi connectivity index (χ4v) is 5.24. The highest BCUT2D eigenvalue weighted by Crippen LogP contribution is 2.23. The molecule has 0 saturated carbocycles. The van der Waals surface area contributed by atoms with Crippen LogP contribution in [0.4, 0.5) is 5.69 Å². The predicted octanol–water partition coefficient (Wildman–Crippen LogP) is 10.2. The van der Waals surface area contributed by atoms with Gasteiger partial charge in [0.25, 0.3) is 0 Å². The minimum absolute atomic E-state index is 0. The van der Waals surface area contributed by atoms with Gasteiger partial charge in [-0.25, -0.2) is 14.7 Å². The number of rotatable bonds is 8. The van der Waals surface area contributed by atoms with Crippen molar-refractivity contribution in [3.8, 4) is 17.1 Å². The van der Waals surface area contributed by atoms with Crippen molar-refractivity contribution in [3.05, 3.63) is 129 Å². The zero-order chi connectivity index (χ0) is 33.5. The predicted molar refractivity (Wildman–Crippen MR) is 206 cm³/mol. The number of hydrazine groups is 1. The van der Waals surface area contributed by atoms with Crippen LogP contribution in [0.5, 0.6) is 0 Å². The van der Waals surface area contributed by atoms with Crippen LogP contribution < -0.4 is 11.3 Å². The molecule has 0 unspecified atom stereocenters. The summed E-state index contributed by atoms with van der Waals surface area (Å²) < 4.78 is 4.02. The van der Waals surface area contributed by atoms with Crippen molar-refractivity contribution >= 4 is 61.6 Å². The number of carbonyl (C=O) groups excluding carboxylic acids is 1. The van der Waals surface area contributed by atoms with E-state index in [0.29, 0.717) is 6.42 Å². The Morgan fingerprint density at radius 1 is 0.851 bits per heavy atom. The number of carbonyl (C=O) groups is 1. The lowest BCUT2D eigenvalue weighted by atomic mass is 10.1. The number of amides is 1. The fraction of sp³-hybridized carbons (Fsp3) is 0.243. The van der Waals surface area contributed by atoms with Crippen molar-refractivity contribution in [1.29, 1.82) is 0 Å². The first-order valence-corrected chi connectivity index (χ1v) is 16.9. The highest BCUT2D eigenvalue weighted by Gasteiger charge is 2.14. The molecule has 248 valence electrons. The molecule has 1 aromatic heterocycles. The fourth-order valence-electron chi connectivity index (χ4n) is 4.44. The average molecular weight is 783 g/mol. The van der Waals surface area contributed by atoms with E-state index in [0.717, 1.165) is 68.1 Å². The van der Waals surface area contributed by atoms with Gasteiger partial charge in [-0.2, -0.15) is 0 Å². The van der Waals surface area contributed by atoms with Crippen molar-refractivity contribution in [2.24, 2.45) is 10.8 Å². The van der Waals surface area contributed by atoms with Crippen LogP contribution in [0.15, 0.2) is 111 Å². The minimum atomic E-state index is -0.0463. The van der Waals surface area contributed by atoms with Crippen molar-refractivity contribution in [2.45, 2.75) is 60.3 Å². The zero-order valence-electron chi connectivity index (χ0n) is 27.5. The number of anilines is 1. The Bertz CT molecular complexity index is 1750. The second-order valence-corrected chi connectivity index (χ2v) is 12.5. The van der Waals surface area contributed by atoms with Gasteiger partial charge >= 0.3 is 0 Å². The molecule has 5 aromatic rings. The van der Waals surface area contributed by atoms with Gasteiger partial charge in [0.1, 0.15) is 5.82 Å². The second-order valence-electron chi connectivity index (χ2n) is 10.6. The van der Waals surface area contributed by atoms with E-state index < -0.39 is 0 Å². The summed E-state index contributed by atoms with van der Waals surface area (Å²) in [5.74, 6) is 6.93. The van der Waals surface area contributed by atoms with E-state index in [1.807, 2.05) is 110 Å². The number of nitrogens with two attached hydrogens (primary N) is 1. The Labute approximate surface area is 301 Å². The molecule has 0 fully saturated rings. The summed E-state index contributed by atoms with van der Waals surface area (Å²) in [6.45, 7) is 10.1. The number of hydrogen-bond acceptors (Lipinski definition) is 5. The third kappa shape index (κ3) is 12.5. The molecular weight excluding hydrogens is 740 g/mol. The Balaban J connectivity index is 0.000000266. The van der Waals surface area contributed by atoms with Gasteiger partial charge in [-0.15, -0.1) is 17.5 Å². The van der Waals surface area contributed by atoms with Gasteiger partial charge in [0.05, 0.1) is 11.4 Å². The number of aromatic nitrogens is 3. The standard InChI is InChI=1S/C18H18BrN3.C12H14BrNO.C7H10N2.ClH/c1-3-7-17-20-18(14-9-6-10-15(19)12-14)21-22(17)16-11-5-4-8-13(16)2;1-3-5-12(15)14-9(2)10-6-4-7-11(13)8-10;1-6-4-2-3-5-7(6)9-8;/h4-6,8-12H,3,7H2,1-2H3;4,6-8H,3,5H2,1-2H3;2-5,9H,8H2,1H3;1H. The van der Waals surface area contributed by atoms with Gasteiger partial charge in [0.2, 0.25) is 5.91 Å². The minimum Gasteiger partial charge on any atom is -0.324 e. The molecule has 3 N–H and O–H groups in total. The number of benzene rings is 4. The molecule has 5 rings (SSSR count). The number of nitrogen functional groups attached to an aromatic ring is 1. The van der Waals surface area contributed by atoms with Crippen LogP contribution in [0.25, 0.3) is 17.1 Å². The zero-order valence-corrected chi connectivity index (χ0v) is 31.5. The quantitative estimate of drug-likeness (QED) is 0.0928. The van der Waals surface area contributed by atoms with Crippen LogP contribution in [0.3, 0.4) is 0 Å². The summed E-state index contributed by atoms with van der Waals surface area (Å²) in [4.78, 5) is 20.1. The molecule has 0 bridgehead atoms. The number of halogens is 3. The highest BCUT2D eigenvalue weighted by molar-refractivity contribution is 9.10. The van der Waals surface area contributed by atoms with Gasteiger partial charge in [-0.05, 0) is 86.7 Å². The molecule has 0 spiro atoms. The lowest BCUT2D eigenvalue weighted by Gasteiger charge is -2.07. The largest absolute Gasteiger partial charge is 0.324 e. The molecule has 0 aliphatic carbocycles. The maximum Gasteiger partial charge on any atom is 0.245 e. The molecule has 0 radical (unpaired) electrons. The van der Waals surface area contributed by atoms with Gasteiger partial charge < -0.3 is 5.43 Å². The van der Waals surface area contributed by atoms with Gasteiger partial charge in [0, 0.05) is 33.1 Å². The molecule has 0 aliphatic rings. The number of nitrogens with one attached hydrogen (secondary N) is 1. The van der Waals surface area contributed by atoms with Crippen LogP contribution in [0.1, 0.15) is 62.5 Å². The summed E-state index contributed by atoms with van der Waals surface area (Å²) in [6.07, 6.45) is 3.32. The van der Waals surface area contributed by atoms with Crippen molar-refractivity contribution < 1.29 is 4.79 Å². The molecule has 0 saturated heterocycles. The van der Waals surface area contributed by atoms with E-state index >= 15 is 0 Å². The first kappa shape index (κ1) is 39.5. The Morgan fingerprint density at radius 2 is 1.49 bits per heavy atom. The Kier molecular flexibility index (Phi) is 17.3. The number of aryl methyl sites for hydroxylation is 3. The van der Waals surface area contributed by atoms with E-state index in [9.17, 15) is 4.79 Å². The lowest BCUT2D eigenvalue weighted by molar-refractivity contribution is -0.117. The monoisotopic (exact) mass is 780 g/mol. The molecule has 1 heterocycles. The maximum atomic E-state index is 11.3. The molecule has 47 heavy (non-hydrogen) atoms. The van der Waals surface area contributed by atoms with E-state index in [2.05, 4.69) is 68.3 Å². The number of aliphatic imine (C=N–C) groups is 1. The van der Waals surface area contributed by atoms with Crippen molar-refractivity contribution in [1.82, 2.24) is 14.8 Å². The molecule has 4 aromatic carbocycles. The summed E-state index contributed by atoms with van der Waals surface area (Å²) in [7, 11) is 0. The molecule has 7 nitrogen and oxygen atoms in total. The second kappa shape index (κ2) is 20.6. The molecular formula is C37H43Br2ClN6O. The Hall–Kier alpha value is -3.63. The number of nitrogens with zero attached hydrogens (tertiary/aromatic N) is 4. The van der Waals surface area contributed by atoms with Gasteiger partial charge in [-0.3, -0.25) is 10.6 Å². The maximum absolute atomic E-state index is 11.3. The Morgan fingerprint density at radius 3 is 2.06 bits per heavy atom. The normalized spacial score (nSPS) is 10.5. The van der Waals surface area contributed by atoms with Crippen LogP contribution in [-0.4, -0.2) is 26.4 Å². The van der Waals surface area contributed by atoms with Crippen LogP contribution in [-0.2, 0) is 11.2 Å². The van der Waals surface area contributed by atoms with E-state index in [4.69, 9.17) is 15.9 Å². The van der Waals surface area contributed by atoms with Gasteiger partial charge in [0.15, 0.2) is 5.82 Å². The third-order valence-electron chi connectivity index (χ3n) is 6.87. The summed E-state index contributed by atoms with van der Waals surface area (Å²) in [5, 5.41) is 4.76. The van der Waals surface area contributed by atoms with E-state index in [1.165, 1.54) is 11.1 Å². The van der Waals surface area contributed by atoms with Crippen molar-refractivity contribution in [2.75, 3.05) is 5.43 Å². The molecule has 10 heteroatoms. The summed E-state index contributed by atoms with van der Waals surface area (Å²) >= 11 is 6.90. The topological polar surface area (TPSA) is 98.2 Å². The lowest BCUT2D eigenvalue weighted by Crippen LogP contribution is -2.07. The first-order chi connectivity index (χ1) is 22.2. The third-order valence-corrected chi connectivity index (χ3v) is 7.86. The summed E-state index contributed by atoms with van der Waals surface area (Å²) in [5.41, 5.74) is 9.82. The molecule has 0 aliphatic heterocycles.